The summed E-state index contributed by atoms with van der Waals surface area (Å²) in [6.07, 6.45) is 1.88. The van der Waals surface area contributed by atoms with Gasteiger partial charge in [-0.1, -0.05) is 43.4 Å². The molecule has 8 nitrogen and oxygen atoms in total. The van der Waals surface area contributed by atoms with Gasteiger partial charge in [-0.15, -0.1) is 10.2 Å². The van der Waals surface area contributed by atoms with Gasteiger partial charge in [0, 0.05) is 17.7 Å². The number of nitrogens with zero attached hydrogens (tertiary/aromatic N) is 2. The van der Waals surface area contributed by atoms with Crippen LogP contribution in [0.1, 0.15) is 52.4 Å². The Morgan fingerprint density at radius 1 is 0.903 bits per heavy atom. The maximum absolute atomic E-state index is 12.8. The number of aromatic nitrogens is 2. The zero-order valence-corrected chi connectivity index (χ0v) is 18.1. The maximum Gasteiger partial charge on any atom is 0.259 e. The molecule has 0 saturated carbocycles. The van der Waals surface area contributed by atoms with Crippen LogP contribution < -0.4 is 16.0 Å². The molecule has 2 aromatic carbocycles. The van der Waals surface area contributed by atoms with Crippen LogP contribution in [0.25, 0.3) is 0 Å². The molecule has 0 spiro atoms. The molecule has 0 bridgehead atoms. The van der Waals surface area contributed by atoms with Crippen LogP contribution in [-0.4, -0.2) is 27.9 Å². The first-order valence-electron chi connectivity index (χ1n) is 9.94. The van der Waals surface area contributed by atoms with Gasteiger partial charge in [0.2, 0.25) is 11.0 Å². The molecule has 0 aliphatic carbocycles. The number of anilines is 3. The maximum atomic E-state index is 12.8. The highest BCUT2D eigenvalue weighted by molar-refractivity contribution is 7.15. The average Bonchev–Trinajstić information content (AvgIpc) is 3.22. The first kappa shape index (κ1) is 22.1. The molecule has 3 N–H and O–H groups in total. The predicted octanol–water partition coefficient (Wildman–Crippen LogP) is 4.34. The Morgan fingerprint density at radius 2 is 1.71 bits per heavy atom. The number of nitrogens with one attached hydrogen (secondary N) is 3. The molecule has 3 rings (SSSR count). The Morgan fingerprint density at radius 3 is 2.45 bits per heavy atom. The lowest BCUT2D eigenvalue weighted by Gasteiger charge is -2.11. The van der Waals surface area contributed by atoms with E-state index in [9.17, 15) is 14.4 Å². The van der Waals surface area contributed by atoms with Crippen LogP contribution in [0.2, 0.25) is 0 Å². The molecule has 160 valence electrons. The summed E-state index contributed by atoms with van der Waals surface area (Å²) in [7, 11) is 0. The van der Waals surface area contributed by atoms with Gasteiger partial charge in [0.25, 0.3) is 11.8 Å². The number of para-hydroxylation sites is 1. The third-order valence-corrected chi connectivity index (χ3v) is 5.28. The van der Waals surface area contributed by atoms with E-state index in [1.54, 1.807) is 48.5 Å². The SMILES string of the molecule is CCCC(=O)Nc1cccc(C(=O)Nc2ccccc2C(=O)Nc2nnc(CC)s2)c1. The molecule has 1 aromatic heterocycles. The van der Waals surface area contributed by atoms with Crippen molar-refractivity contribution in [2.75, 3.05) is 16.0 Å². The molecule has 0 atom stereocenters. The highest BCUT2D eigenvalue weighted by Gasteiger charge is 2.16. The van der Waals surface area contributed by atoms with Gasteiger partial charge >= 0.3 is 0 Å². The normalized spacial score (nSPS) is 10.4. The van der Waals surface area contributed by atoms with Crippen molar-refractivity contribution in [3.63, 3.8) is 0 Å². The molecule has 3 amide bonds. The number of amides is 3. The van der Waals surface area contributed by atoms with Gasteiger partial charge in [-0.25, -0.2) is 0 Å². The minimum Gasteiger partial charge on any atom is -0.326 e. The summed E-state index contributed by atoms with van der Waals surface area (Å²) in [6.45, 7) is 3.88. The number of rotatable bonds is 8. The summed E-state index contributed by atoms with van der Waals surface area (Å²) in [5, 5.41) is 17.4. The molecule has 3 aromatic rings. The Hall–Kier alpha value is -3.59. The molecule has 0 saturated heterocycles. The number of hydrogen-bond acceptors (Lipinski definition) is 6. The second-order valence-corrected chi connectivity index (χ2v) is 7.75. The molecule has 0 aliphatic heterocycles. The molecule has 0 unspecified atom stereocenters. The molecule has 0 fully saturated rings. The summed E-state index contributed by atoms with van der Waals surface area (Å²) >= 11 is 1.31. The molecule has 0 radical (unpaired) electrons. The van der Waals surface area contributed by atoms with Gasteiger partial charge in [0.15, 0.2) is 0 Å². The Bertz CT molecular complexity index is 1100. The van der Waals surface area contributed by atoms with Crippen LogP contribution in [-0.2, 0) is 11.2 Å². The summed E-state index contributed by atoms with van der Waals surface area (Å²) in [5.41, 5.74) is 1.57. The molecular weight excluding hydrogens is 414 g/mol. The van der Waals surface area contributed by atoms with Crippen LogP contribution in [0.4, 0.5) is 16.5 Å². The van der Waals surface area contributed by atoms with Crippen LogP contribution in [0.3, 0.4) is 0 Å². The lowest BCUT2D eigenvalue weighted by atomic mass is 10.1. The highest BCUT2D eigenvalue weighted by atomic mass is 32.1. The monoisotopic (exact) mass is 437 g/mol. The Kier molecular flexibility index (Phi) is 7.45. The number of hydrogen-bond donors (Lipinski definition) is 3. The minimum absolute atomic E-state index is 0.106. The van der Waals surface area contributed by atoms with E-state index in [1.165, 1.54) is 11.3 Å². The second kappa shape index (κ2) is 10.4. The van der Waals surface area contributed by atoms with Crippen molar-refractivity contribution < 1.29 is 14.4 Å². The van der Waals surface area contributed by atoms with Gasteiger partial charge in [-0.3, -0.25) is 19.7 Å². The van der Waals surface area contributed by atoms with Crippen molar-refractivity contribution in [1.29, 1.82) is 0 Å². The van der Waals surface area contributed by atoms with Crippen molar-refractivity contribution >= 4 is 45.6 Å². The first-order chi connectivity index (χ1) is 15.0. The van der Waals surface area contributed by atoms with Crippen molar-refractivity contribution in [3.05, 3.63) is 64.7 Å². The van der Waals surface area contributed by atoms with Crippen molar-refractivity contribution in [1.82, 2.24) is 10.2 Å². The van der Waals surface area contributed by atoms with Gasteiger partial charge < -0.3 is 10.6 Å². The Labute approximate surface area is 184 Å². The van der Waals surface area contributed by atoms with Crippen molar-refractivity contribution in [3.8, 4) is 0 Å². The summed E-state index contributed by atoms with van der Waals surface area (Å²) in [5.74, 6) is -0.892. The number of carbonyl (C=O) groups is 3. The molecule has 31 heavy (non-hydrogen) atoms. The molecule has 0 aliphatic rings. The number of carbonyl (C=O) groups excluding carboxylic acids is 3. The van der Waals surface area contributed by atoms with Gasteiger partial charge in [0.1, 0.15) is 5.01 Å². The van der Waals surface area contributed by atoms with Crippen LogP contribution in [0, 0.1) is 0 Å². The number of benzene rings is 2. The smallest absolute Gasteiger partial charge is 0.259 e. The first-order valence-corrected chi connectivity index (χ1v) is 10.8. The Balaban J connectivity index is 1.73. The topological polar surface area (TPSA) is 113 Å². The van der Waals surface area contributed by atoms with E-state index in [4.69, 9.17) is 0 Å². The highest BCUT2D eigenvalue weighted by Crippen LogP contribution is 2.21. The van der Waals surface area contributed by atoms with E-state index in [2.05, 4.69) is 26.1 Å². The third kappa shape index (κ3) is 5.95. The van der Waals surface area contributed by atoms with Crippen LogP contribution in [0.5, 0.6) is 0 Å². The molecule has 9 heteroatoms. The van der Waals surface area contributed by atoms with Crippen LogP contribution in [0.15, 0.2) is 48.5 Å². The lowest BCUT2D eigenvalue weighted by molar-refractivity contribution is -0.116. The van der Waals surface area contributed by atoms with Crippen molar-refractivity contribution in [2.45, 2.75) is 33.1 Å². The fourth-order valence-corrected chi connectivity index (χ4v) is 3.46. The fourth-order valence-electron chi connectivity index (χ4n) is 2.78. The van der Waals surface area contributed by atoms with E-state index in [0.29, 0.717) is 34.1 Å². The predicted molar refractivity (Wildman–Crippen MR) is 122 cm³/mol. The largest absolute Gasteiger partial charge is 0.326 e. The minimum atomic E-state index is -0.393. The summed E-state index contributed by atoms with van der Waals surface area (Å²) < 4.78 is 0. The van der Waals surface area contributed by atoms with E-state index in [-0.39, 0.29) is 5.91 Å². The lowest BCUT2D eigenvalue weighted by Crippen LogP contribution is -2.18. The zero-order chi connectivity index (χ0) is 22.2. The van der Waals surface area contributed by atoms with Crippen molar-refractivity contribution in [2.24, 2.45) is 0 Å². The summed E-state index contributed by atoms with van der Waals surface area (Å²) in [4.78, 5) is 37.3. The zero-order valence-electron chi connectivity index (χ0n) is 17.3. The van der Waals surface area contributed by atoms with Crippen LogP contribution >= 0.6 is 11.3 Å². The van der Waals surface area contributed by atoms with Gasteiger partial charge in [-0.05, 0) is 43.2 Å². The van der Waals surface area contributed by atoms with Gasteiger partial charge in [0.05, 0.1) is 11.3 Å². The summed E-state index contributed by atoms with van der Waals surface area (Å²) in [6, 6.07) is 13.4. The van der Waals surface area contributed by atoms with E-state index in [0.717, 1.165) is 17.8 Å². The quantitative estimate of drug-likeness (QED) is 0.485. The van der Waals surface area contributed by atoms with E-state index >= 15 is 0 Å². The third-order valence-electron chi connectivity index (χ3n) is 4.30. The van der Waals surface area contributed by atoms with Gasteiger partial charge in [-0.2, -0.15) is 0 Å². The average molecular weight is 438 g/mol. The van der Waals surface area contributed by atoms with E-state index in [1.807, 2.05) is 13.8 Å². The number of aryl methyl sites for hydroxylation is 1. The fraction of sp³-hybridized carbons (Fsp3) is 0.227. The second-order valence-electron chi connectivity index (χ2n) is 6.69. The molecule has 1 heterocycles. The molecular formula is C22H23N5O3S. The van der Waals surface area contributed by atoms with E-state index < -0.39 is 11.8 Å². The standard InChI is InChI=1S/C22H23N5O3S/c1-3-8-18(28)23-15-10-7-9-14(13-15)20(29)24-17-12-6-5-11-16(17)21(30)25-22-27-26-19(4-2)31-22/h5-7,9-13H,3-4,8H2,1-2H3,(H,23,28)(H,24,29)(H,25,27,30).